The van der Waals surface area contributed by atoms with Crippen LogP contribution >= 0.6 is 0 Å². The van der Waals surface area contributed by atoms with Gasteiger partial charge in [-0.15, -0.1) is 0 Å². The summed E-state index contributed by atoms with van der Waals surface area (Å²) in [6.07, 6.45) is 0.810. The van der Waals surface area contributed by atoms with Crippen molar-refractivity contribution >= 4 is 5.97 Å². The molecule has 92 valence electrons. The lowest BCUT2D eigenvalue weighted by Crippen LogP contribution is -2.34. The lowest BCUT2D eigenvalue weighted by atomic mass is 9.80. The van der Waals surface area contributed by atoms with Crippen molar-refractivity contribution in [2.45, 2.75) is 19.8 Å². The van der Waals surface area contributed by atoms with E-state index in [4.69, 9.17) is 4.74 Å². The highest BCUT2D eigenvalue weighted by Gasteiger charge is 2.42. The first-order valence-corrected chi connectivity index (χ1v) is 5.60. The summed E-state index contributed by atoms with van der Waals surface area (Å²) in [7, 11) is 0. The van der Waals surface area contributed by atoms with Crippen molar-refractivity contribution in [2.75, 3.05) is 13.2 Å². The minimum atomic E-state index is -0.890. The lowest BCUT2D eigenvalue weighted by Gasteiger charge is -2.23. The maximum absolute atomic E-state index is 13.2. The first-order chi connectivity index (χ1) is 8.03. The molecule has 1 aromatic rings. The molecule has 1 unspecified atom stereocenters. The molecule has 17 heavy (non-hydrogen) atoms. The highest BCUT2D eigenvalue weighted by atomic mass is 19.1. The molecule has 0 amide bonds. The van der Waals surface area contributed by atoms with Crippen LogP contribution < -0.4 is 0 Å². The van der Waals surface area contributed by atoms with Crippen LogP contribution in [0.15, 0.2) is 18.2 Å². The van der Waals surface area contributed by atoms with Crippen molar-refractivity contribution in [3.63, 3.8) is 0 Å². The second-order valence-electron chi connectivity index (χ2n) is 4.64. The summed E-state index contributed by atoms with van der Waals surface area (Å²) in [6.45, 7) is 2.53. The molecule has 1 fully saturated rings. The number of carboxylic acids is 1. The van der Waals surface area contributed by atoms with Gasteiger partial charge >= 0.3 is 5.97 Å². The molecular weight excluding hydrogens is 223 g/mol. The van der Waals surface area contributed by atoms with Gasteiger partial charge in [-0.2, -0.15) is 0 Å². The second-order valence-corrected chi connectivity index (χ2v) is 4.64. The topological polar surface area (TPSA) is 46.5 Å². The summed E-state index contributed by atoms with van der Waals surface area (Å²) in [5.41, 5.74) is 0.773. The molecule has 0 spiro atoms. The number of aliphatic carboxylic acids is 1. The Morgan fingerprint density at radius 1 is 1.59 bits per heavy atom. The van der Waals surface area contributed by atoms with E-state index in [1.807, 2.05) is 6.92 Å². The monoisotopic (exact) mass is 238 g/mol. The van der Waals surface area contributed by atoms with Crippen molar-refractivity contribution in [3.8, 4) is 0 Å². The Labute approximate surface area is 99.2 Å². The van der Waals surface area contributed by atoms with E-state index >= 15 is 0 Å². The van der Waals surface area contributed by atoms with E-state index in [-0.39, 0.29) is 12.4 Å². The van der Waals surface area contributed by atoms with E-state index in [1.54, 1.807) is 6.07 Å². The molecule has 1 heterocycles. The van der Waals surface area contributed by atoms with Crippen LogP contribution in [0.4, 0.5) is 4.39 Å². The van der Waals surface area contributed by atoms with E-state index < -0.39 is 11.4 Å². The number of carbonyl (C=O) groups is 1. The number of ether oxygens (including phenoxy) is 1. The van der Waals surface area contributed by atoms with E-state index in [0.717, 1.165) is 11.1 Å². The van der Waals surface area contributed by atoms with E-state index in [9.17, 15) is 14.3 Å². The summed E-state index contributed by atoms with van der Waals surface area (Å²) in [5.74, 6) is -1.19. The van der Waals surface area contributed by atoms with Crippen LogP contribution in [0.25, 0.3) is 0 Å². The fourth-order valence-electron chi connectivity index (χ4n) is 2.19. The average Bonchev–Trinajstić information content (AvgIpc) is 2.73. The van der Waals surface area contributed by atoms with Crippen molar-refractivity contribution in [2.24, 2.45) is 5.41 Å². The number of aryl methyl sites for hydroxylation is 1. The van der Waals surface area contributed by atoms with Gasteiger partial charge in [0.2, 0.25) is 0 Å². The largest absolute Gasteiger partial charge is 0.481 e. The number of carboxylic acid groups (broad SMARTS) is 1. The van der Waals surface area contributed by atoms with Gasteiger partial charge in [-0.1, -0.05) is 6.07 Å². The standard InChI is InChI=1S/C13H15FO3/c1-9-2-3-11(14)6-10(9)7-13(12(15)16)4-5-17-8-13/h2-3,6H,4-5,7-8H2,1H3,(H,15,16). The zero-order valence-corrected chi connectivity index (χ0v) is 9.70. The molecule has 1 atom stereocenters. The van der Waals surface area contributed by atoms with Crippen LogP contribution in [0, 0.1) is 18.2 Å². The average molecular weight is 238 g/mol. The van der Waals surface area contributed by atoms with Gasteiger partial charge in [0.05, 0.1) is 12.0 Å². The van der Waals surface area contributed by atoms with E-state index in [1.165, 1.54) is 12.1 Å². The van der Waals surface area contributed by atoms with Crippen LogP contribution in [0.5, 0.6) is 0 Å². The highest BCUT2D eigenvalue weighted by molar-refractivity contribution is 5.75. The minimum Gasteiger partial charge on any atom is -0.481 e. The van der Waals surface area contributed by atoms with Gasteiger partial charge < -0.3 is 9.84 Å². The SMILES string of the molecule is Cc1ccc(F)cc1CC1(C(=O)O)CCOC1. The van der Waals surface area contributed by atoms with E-state index in [2.05, 4.69) is 0 Å². The van der Waals surface area contributed by atoms with Gasteiger partial charge in [-0.05, 0) is 43.0 Å². The van der Waals surface area contributed by atoms with Crippen molar-refractivity contribution in [3.05, 3.63) is 35.1 Å². The lowest BCUT2D eigenvalue weighted by molar-refractivity contribution is -0.148. The summed E-state index contributed by atoms with van der Waals surface area (Å²) < 4.78 is 18.4. The van der Waals surface area contributed by atoms with Gasteiger partial charge in [0.1, 0.15) is 5.82 Å². The Hall–Kier alpha value is -1.42. The van der Waals surface area contributed by atoms with Crippen molar-refractivity contribution in [1.29, 1.82) is 0 Å². The molecule has 0 radical (unpaired) electrons. The summed E-state index contributed by atoms with van der Waals surface area (Å²) in [5, 5.41) is 9.31. The third-order valence-electron chi connectivity index (χ3n) is 3.40. The minimum absolute atomic E-state index is 0.207. The fourth-order valence-corrected chi connectivity index (χ4v) is 2.19. The molecule has 1 aliphatic heterocycles. The molecule has 1 aromatic carbocycles. The first kappa shape index (κ1) is 12.0. The second kappa shape index (κ2) is 4.45. The smallest absolute Gasteiger partial charge is 0.312 e. The Kier molecular flexibility index (Phi) is 3.15. The fraction of sp³-hybridized carbons (Fsp3) is 0.462. The molecule has 0 bridgehead atoms. The van der Waals surface area contributed by atoms with Crippen LogP contribution in [-0.4, -0.2) is 24.3 Å². The predicted octanol–water partition coefficient (Wildman–Crippen LogP) is 2.17. The molecule has 2 rings (SSSR count). The number of halogens is 1. The normalized spacial score (nSPS) is 23.9. The first-order valence-electron chi connectivity index (χ1n) is 5.60. The van der Waals surface area contributed by atoms with Gasteiger partial charge in [-0.3, -0.25) is 4.79 Å². The third-order valence-corrected chi connectivity index (χ3v) is 3.40. The number of rotatable bonds is 3. The maximum atomic E-state index is 13.2. The molecule has 1 aliphatic rings. The highest BCUT2D eigenvalue weighted by Crippen LogP contribution is 2.34. The Morgan fingerprint density at radius 2 is 2.35 bits per heavy atom. The Balaban J connectivity index is 2.29. The maximum Gasteiger partial charge on any atom is 0.312 e. The molecule has 0 aromatic heterocycles. The molecule has 0 aliphatic carbocycles. The van der Waals surface area contributed by atoms with Crippen molar-refractivity contribution < 1.29 is 19.0 Å². The number of hydrogen-bond donors (Lipinski definition) is 1. The van der Waals surface area contributed by atoms with Crippen LogP contribution in [0.1, 0.15) is 17.5 Å². The van der Waals surface area contributed by atoms with Crippen LogP contribution in [0.3, 0.4) is 0 Å². The molecular formula is C13H15FO3. The van der Waals surface area contributed by atoms with Crippen LogP contribution in [0.2, 0.25) is 0 Å². The van der Waals surface area contributed by atoms with Crippen LogP contribution in [-0.2, 0) is 16.0 Å². The number of hydrogen-bond acceptors (Lipinski definition) is 2. The van der Waals surface area contributed by atoms with E-state index in [0.29, 0.717) is 19.4 Å². The molecule has 0 saturated carbocycles. The zero-order valence-electron chi connectivity index (χ0n) is 9.70. The molecule has 1 N–H and O–H groups in total. The zero-order chi connectivity index (χ0) is 12.5. The third kappa shape index (κ3) is 2.31. The molecule has 4 heteroatoms. The van der Waals surface area contributed by atoms with Gasteiger partial charge in [-0.25, -0.2) is 4.39 Å². The number of benzene rings is 1. The Bertz CT molecular complexity index is 436. The van der Waals surface area contributed by atoms with Crippen molar-refractivity contribution in [1.82, 2.24) is 0 Å². The summed E-state index contributed by atoms with van der Waals surface area (Å²) in [4.78, 5) is 11.4. The predicted molar refractivity (Wildman–Crippen MR) is 60.3 cm³/mol. The molecule has 3 nitrogen and oxygen atoms in total. The quantitative estimate of drug-likeness (QED) is 0.877. The summed E-state index contributed by atoms with van der Waals surface area (Å²) in [6, 6.07) is 4.48. The molecule has 1 saturated heterocycles. The Morgan fingerprint density at radius 3 is 2.94 bits per heavy atom. The van der Waals surface area contributed by atoms with Gasteiger partial charge in [0.25, 0.3) is 0 Å². The summed E-state index contributed by atoms with van der Waals surface area (Å²) >= 11 is 0. The van der Waals surface area contributed by atoms with Gasteiger partial charge in [0, 0.05) is 6.61 Å². The van der Waals surface area contributed by atoms with Gasteiger partial charge in [0.15, 0.2) is 0 Å².